The van der Waals surface area contributed by atoms with E-state index in [2.05, 4.69) is 75.5 Å². The molecule has 0 atom stereocenters. The van der Waals surface area contributed by atoms with Crippen molar-refractivity contribution in [1.29, 1.82) is 0 Å². The Morgan fingerprint density at radius 3 is 2.27 bits per heavy atom. The number of likely N-dealkylation sites (tertiary alicyclic amines) is 1. The fraction of sp³-hybridized carbons (Fsp3) is 0.556. The summed E-state index contributed by atoms with van der Waals surface area (Å²) < 4.78 is 44.7. The highest BCUT2D eigenvalue weighted by Crippen LogP contribution is 2.49. The molecule has 1 aliphatic heterocycles. The van der Waals surface area contributed by atoms with E-state index in [1.54, 1.807) is 0 Å². The lowest BCUT2D eigenvalue weighted by atomic mass is 9.77. The van der Waals surface area contributed by atoms with Crippen LogP contribution in [0.1, 0.15) is 70.4 Å². The molecule has 0 amide bonds. The zero-order valence-electron chi connectivity index (χ0n) is 23.8. The molecule has 1 aliphatic carbocycles. The molecule has 5 rings (SSSR count). The van der Waals surface area contributed by atoms with Gasteiger partial charge in [-0.1, -0.05) is 0 Å². The maximum absolute atomic E-state index is 14.3. The van der Waals surface area contributed by atoms with E-state index in [4.69, 9.17) is 6.57 Å². The van der Waals surface area contributed by atoms with Gasteiger partial charge in [-0.3, -0.25) is 4.90 Å². The number of piperidine rings is 1. The van der Waals surface area contributed by atoms with Crippen molar-refractivity contribution in [1.82, 2.24) is 34.7 Å². The van der Waals surface area contributed by atoms with E-state index in [0.29, 0.717) is 18.7 Å². The highest BCUT2D eigenvalue weighted by atomic mass is 19.4. The molecule has 3 aromatic rings. The van der Waals surface area contributed by atoms with Crippen LogP contribution in [0, 0.1) is 6.57 Å². The lowest BCUT2D eigenvalue weighted by Crippen LogP contribution is -2.61. The molecular formula is C27H33F3N10O. The number of aryl methyl sites for hydroxylation is 1. The van der Waals surface area contributed by atoms with Crippen LogP contribution in [0.4, 0.5) is 36.3 Å². The van der Waals surface area contributed by atoms with Crippen LogP contribution in [0.5, 0.6) is 0 Å². The van der Waals surface area contributed by atoms with Crippen molar-refractivity contribution in [3.05, 3.63) is 51.4 Å². The monoisotopic (exact) mass is 570 g/mol. The van der Waals surface area contributed by atoms with Gasteiger partial charge >= 0.3 is 11.9 Å². The first-order chi connectivity index (χ1) is 19.1. The van der Waals surface area contributed by atoms with Gasteiger partial charge in [-0.05, 0) is 94.5 Å². The largest absolute Gasteiger partial charge is 0.416 e. The van der Waals surface area contributed by atoms with Gasteiger partial charge in [0.15, 0.2) is 0 Å². The topological polar surface area (TPSA) is 110 Å². The van der Waals surface area contributed by atoms with Gasteiger partial charge in [0.25, 0.3) is 0 Å². The summed E-state index contributed by atoms with van der Waals surface area (Å²) in [5.41, 5.74) is -1.49. The molecule has 1 saturated heterocycles. The Bertz CT molecular complexity index is 1560. The number of nitrogens with one attached hydrogen (secondary N) is 2. The molecule has 2 N–H and O–H groups in total. The van der Waals surface area contributed by atoms with Gasteiger partial charge in [0.05, 0.1) is 17.8 Å². The van der Waals surface area contributed by atoms with Crippen molar-refractivity contribution in [2.24, 2.45) is 7.05 Å². The number of hydrogen-bond acceptors (Lipinski definition) is 8. The Labute approximate surface area is 235 Å². The average molecular weight is 571 g/mol. The van der Waals surface area contributed by atoms with Crippen LogP contribution >= 0.6 is 0 Å². The van der Waals surface area contributed by atoms with E-state index in [-0.39, 0.29) is 51.6 Å². The fourth-order valence-corrected chi connectivity index (χ4v) is 5.81. The zero-order valence-corrected chi connectivity index (χ0v) is 23.8. The van der Waals surface area contributed by atoms with E-state index in [9.17, 15) is 18.0 Å². The Morgan fingerprint density at radius 2 is 1.73 bits per heavy atom. The third-order valence-electron chi connectivity index (χ3n) is 8.19. The molecule has 11 nitrogen and oxygen atoms in total. The SMILES string of the molecule is [C-]#[N+]c1cnc(Nc2cc(-n3nnn(C)c3=O)c(C3CC3)c(C(F)(F)F)c2)nc1NC1CC(C)(C)N(C)C(C)(C)C1. The number of tetrazole rings is 1. The Kier molecular flexibility index (Phi) is 6.84. The third-order valence-corrected chi connectivity index (χ3v) is 8.19. The van der Waals surface area contributed by atoms with Crippen molar-refractivity contribution in [2.45, 2.75) is 82.6 Å². The molecule has 2 aromatic heterocycles. The maximum atomic E-state index is 14.3. The first-order valence-electron chi connectivity index (χ1n) is 13.4. The van der Waals surface area contributed by atoms with Gasteiger partial charge in [0.1, 0.15) is 5.82 Å². The van der Waals surface area contributed by atoms with Crippen LogP contribution < -0.4 is 16.3 Å². The fourth-order valence-electron chi connectivity index (χ4n) is 5.81. The summed E-state index contributed by atoms with van der Waals surface area (Å²) in [7, 11) is 3.48. The number of alkyl halides is 3. The quantitative estimate of drug-likeness (QED) is 0.398. The van der Waals surface area contributed by atoms with Crippen LogP contribution in [0.15, 0.2) is 23.1 Å². The number of benzene rings is 1. The summed E-state index contributed by atoms with van der Waals surface area (Å²) in [6, 6.07) is 2.43. The standard InChI is InChI=1S/C27H33F3N10O/c1-25(2)12-17(13-26(3,4)39(25)7)33-22-19(31-5)14-32-23(35-22)34-16-10-18(27(28,29)30)21(15-8-9-15)20(11-16)40-24(41)38(6)36-37-40/h10-11,14-15,17H,8-9,12-13H2,1-4,6-7H3,(H2,32,33,34,35). The minimum absolute atomic E-state index is 0.00393. The molecule has 0 spiro atoms. The first-order valence-corrected chi connectivity index (χ1v) is 13.4. The van der Waals surface area contributed by atoms with E-state index in [1.165, 1.54) is 19.3 Å². The molecule has 14 heteroatoms. The second kappa shape index (κ2) is 9.83. The summed E-state index contributed by atoms with van der Waals surface area (Å²) in [6.45, 7) is 16.2. The van der Waals surface area contributed by atoms with E-state index in [1.807, 2.05) is 0 Å². The Morgan fingerprint density at radius 1 is 1.07 bits per heavy atom. The van der Waals surface area contributed by atoms with Crippen molar-refractivity contribution in [3.8, 4) is 5.69 Å². The lowest BCUT2D eigenvalue weighted by Gasteiger charge is -2.53. The number of hydrogen-bond donors (Lipinski definition) is 2. The van der Waals surface area contributed by atoms with Gasteiger partial charge in [-0.25, -0.2) is 19.6 Å². The number of rotatable bonds is 6. The summed E-state index contributed by atoms with van der Waals surface area (Å²) in [5.74, 6) is -0.0247. The Balaban J connectivity index is 1.53. The smallest absolute Gasteiger partial charge is 0.376 e. The van der Waals surface area contributed by atoms with Gasteiger partial charge in [0.2, 0.25) is 11.6 Å². The summed E-state index contributed by atoms with van der Waals surface area (Å²) in [5, 5.41) is 13.7. The van der Waals surface area contributed by atoms with Crippen molar-refractivity contribution in [2.75, 3.05) is 17.7 Å². The average Bonchev–Trinajstić information content (AvgIpc) is 3.66. The van der Waals surface area contributed by atoms with E-state index < -0.39 is 17.4 Å². The highest BCUT2D eigenvalue weighted by molar-refractivity contribution is 5.69. The summed E-state index contributed by atoms with van der Waals surface area (Å²) in [4.78, 5) is 27.2. The second-order valence-corrected chi connectivity index (χ2v) is 12.1. The second-order valence-electron chi connectivity index (χ2n) is 12.1. The molecule has 0 bridgehead atoms. The molecule has 218 valence electrons. The molecule has 2 aliphatic rings. The number of nitrogens with zero attached hydrogens (tertiary/aromatic N) is 8. The molecule has 2 fully saturated rings. The molecule has 0 radical (unpaired) electrons. The minimum Gasteiger partial charge on any atom is -0.376 e. The van der Waals surface area contributed by atoms with Crippen LogP contribution in [0.3, 0.4) is 0 Å². The predicted octanol–water partition coefficient (Wildman–Crippen LogP) is 5.01. The summed E-state index contributed by atoms with van der Waals surface area (Å²) in [6.07, 6.45) is -0.578. The first kappa shape index (κ1) is 28.5. The van der Waals surface area contributed by atoms with Crippen LogP contribution in [-0.2, 0) is 13.2 Å². The molecule has 1 aromatic carbocycles. The molecule has 41 heavy (non-hydrogen) atoms. The van der Waals surface area contributed by atoms with Crippen molar-refractivity contribution >= 4 is 23.1 Å². The normalized spacial score (nSPS) is 19.1. The third kappa shape index (κ3) is 5.50. The lowest BCUT2D eigenvalue weighted by molar-refractivity contribution is -0.138. The van der Waals surface area contributed by atoms with Crippen molar-refractivity contribution in [3.63, 3.8) is 0 Å². The number of anilines is 3. The minimum atomic E-state index is -4.68. The van der Waals surface area contributed by atoms with Crippen molar-refractivity contribution < 1.29 is 13.2 Å². The van der Waals surface area contributed by atoms with Gasteiger partial charge in [-0.15, -0.1) is 0 Å². The summed E-state index contributed by atoms with van der Waals surface area (Å²) >= 11 is 0. The molecule has 3 heterocycles. The van der Waals surface area contributed by atoms with Gasteiger partial charge in [0, 0.05) is 36.1 Å². The number of aromatic nitrogens is 6. The Hall–Kier alpha value is -3.99. The maximum Gasteiger partial charge on any atom is 0.416 e. The van der Waals surface area contributed by atoms with Crippen LogP contribution in [-0.4, -0.2) is 58.8 Å². The van der Waals surface area contributed by atoms with Crippen LogP contribution in [0.2, 0.25) is 0 Å². The van der Waals surface area contributed by atoms with Gasteiger partial charge < -0.3 is 10.6 Å². The predicted molar refractivity (Wildman–Crippen MR) is 148 cm³/mol. The molecule has 0 unspecified atom stereocenters. The number of halogens is 3. The van der Waals surface area contributed by atoms with E-state index in [0.717, 1.165) is 28.3 Å². The molecular weight excluding hydrogens is 537 g/mol. The van der Waals surface area contributed by atoms with E-state index >= 15 is 0 Å². The zero-order chi connectivity index (χ0) is 29.9. The molecule has 1 saturated carbocycles. The highest BCUT2D eigenvalue weighted by Gasteiger charge is 2.43. The van der Waals surface area contributed by atoms with Gasteiger partial charge in [-0.2, -0.15) is 22.5 Å². The van der Waals surface area contributed by atoms with Crippen LogP contribution in [0.25, 0.3) is 10.5 Å².